The molecular formula is C15H16ClN3S. The van der Waals surface area contributed by atoms with Gasteiger partial charge in [-0.2, -0.15) is 17.0 Å². The lowest BCUT2D eigenvalue weighted by atomic mass is 10.1. The maximum Gasteiger partial charge on any atom is 0.111 e. The summed E-state index contributed by atoms with van der Waals surface area (Å²) in [6.07, 6.45) is 3.12. The van der Waals surface area contributed by atoms with Gasteiger partial charge in [-0.1, -0.05) is 0 Å². The Balaban J connectivity index is 2.13. The summed E-state index contributed by atoms with van der Waals surface area (Å²) in [4.78, 5) is 4.72. The zero-order valence-electron chi connectivity index (χ0n) is 11.2. The summed E-state index contributed by atoms with van der Waals surface area (Å²) in [7, 11) is 0. The molecule has 3 nitrogen and oxygen atoms in total. The number of aromatic nitrogens is 2. The van der Waals surface area contributed by atoms with E-state index in [4.69, 9.17) is 21.8 Å². The van der Waals surface area contributed by atoms with Gasteiger partial charge in [0.05, 0.1) is 22.7 Å². The van der Waals surface area contributed by atoms with E-state index in [-0.39, 0.29) is 0 Å². The molecule has 0 aliphatic carbocycles. The smallest absolute Gasteiger partial charge is 0.111 e. The molecule has 0 saturated carbocycles. The fourth-order valence-corrected chi connectivity index (χ4v) is 4.07. The Morgan fingerprint density at radius 2 is 2.20 bits per heavy atom. The van der Waals surface area contributed by atoms with Crippen LogP contribution in [-0.2, 0) is 6.42 Å². The lowest BCUT2D eigenvalue weighted by Gasteiger charge is -2.25. The number of alkyl halides is 1. The third-order valence-corrected chi connectivity index (χ3v) is 5.00. The van der Waals surface area contributed by atoms with Crippen LogP contribution in [0.1, 0.15) is 30.3 Å². The van der Waals surface area contributed by atoms with E-state index < -0.39 is 0 Å². The van der Waals surface area contributed by atoms with Gasteiger partial charge in [0.15, 0.2) is 0 Å². The van der Waals surface area contributed by atoms with E-state index in [2.05, 4.69) is 10.6 Å². The molecule has 0 atom stereocenters. The molecule has 1 fully saturated rings. The maximum atomic E-state index is 9.10. The summed E-state index contributed by atoms with van der Waals surface area (Å²) in [5.41, 5.74) is 2.75. The molecule has 2 heterocycles. The van der Waals surface area contributed by atoms with Gasteiger partial charge >= 0.3 is 0 Å². The van der Waals surface area contributed by atoms with Gasteiger partial charge in [-0.3, -0.25) is 0 Å². The molecule has 1 aliphatic heterocycles. The van der Waals surface area contributed by atoms with Crippen molar-refractivity contribution in [2.75, 3.05) is 17.4 Å². The molecule has 1 saturated heterocycles. The number of hydrogen-bond donors (Lipinski definition) is 0. The predicted octanol–water partition coefficient (Wildman–Crippen LogP) is 3.76. The van der Waals surface area contributed by atoms with Crippen LogP contribution in [0.4, 0.5) is 0 Å². The second-order valence-electron chi connectivity index (χ2n) is 5.00. The standard InChI is InChI=1S/C15H16ClN3S/c16-6-3-15-18-13-2-1-11(10-17)9-14(13)19(15)12-4-7-20-8-5-12/h1-2,9,12H,3-8H2. The molecule has 1 aromatic heterocycles. The Bertz CT molecular complexity index is 653. The monoisotopic (exact) mass is 305 g/mol. The van der Waals surface area contributed by atoms with E-state index in [1.54, 1.807) is 0 Å². The minimum atomic E-state index is 0.494. The molecule has 1 aromatic carbocycles. The number of rotatable bonds is 3. The fraction of sp³-hybridized carbons (Fsp3) is 0.467. The van der Waals surface area contributed by atoms with Gasteiger partial charge in [0, 0.05) is 18.3 Å². The van der Waals surface area contributed by atoms with Gasteiger partial charge in [0.1, 0.15) is 5.82 Å². The SMILES string of the molecule is N#Cc1ccc2nc(CCCl)n(C3CCSCC3)c2c1. The quantitative estimate of drug-likeness (QED) is 0.811. The molecule has 5 heteroatoms. The predicted molar refractivity (Wildman–Crippen MR) is 84.5 cm³/mol. The van der Waals surface area contributed by atoms with Crippen molar-refractivity contribution < 1.29 is 0 Å². The first-order valence-electron chi connectivity index (χ1n) is 6.88. The van der Waals surface area contributed by atoms with Gasteiger partial charge in [-0.05, 0) is 42.5 Å². The minimum Gasteiger partial charge on any atom is -0.325 e. The van der Waals surface area contributed by atoms with Gasteiger partial charge < -0.3 is 4.57 Å². The highest BCUT2D eigenvalue weighted by atomic mass is 35.5. The third kappa shape index (κ3) is 2.53. The highest BCUT2D eigenvalue weighted by Gasteiger charge is 2.21. The zero-order valence-corrected chi connectivity index (χ0v) is 12.8. The van der Waals surface area contributed by atoms with Crippen LogP contribution in [0.2, 0.25) is 0 Å². The number of aryl methyl sites for hydroxylation is 1. The van der Waals surface area contributed by atoms with Crippen LogP contribution >= 0.6 is 23.4 Å². The van der Waals surface area contributed by atoms with Crippen LogP contribution in [-0.4, -0.2) is 26.9 Å². The number of fused-ring (bicyclic) bond motifs is 1. The molecule has 0 spiro atoms. The Morgan fingerprint density at radius 1 is 1.40 bits per heavy atom. The van der Waals surface area contributed by atoms with Gasteiger partial charge in [-0.15, -0.1) is 11.6 Å². The normalized spacial score (nSPS) is 16.4. The first kappa shape index (κ1) is 13.8. The summed E-state index contributed by atoms with van der Waals surface area (Å²) in [6, 6.07) is 8.45. The molecule has 104 valence electrons. The van der Waals surface area contributed by atoms with Crippen molar-refractivity contribution in [3.05, 3.63) is 29.6 Å². The summed E-state index contributed by atoms with van der Waals surface area (Å²) < 4.78 is 2.33. The van der Waals surface area contributed by atoms with Crippen molar-refractivity contribution in [1.29, 1.82) is 5.26 Å². The molecule has 0 amide bonds. The zero-order chi connectivity index (χ0) is 13.9. The van der Waals surface area contributed by atoms with Crippen LogP contribution in [0.15, 0.2) is 18.2 Å². The number of nitriles is 1. The number of imidazole rings is 1. The van der Waals surface area contributed by atoms with Crippen LogP contribution in [0, 0.1) is 11.3 Å². The Kier molecular flexibility index (Phi) is 4.18. The number of benzene rings is 1. The Labute approximate surface area is 127 Å². The average molecular weight is 306 g/mol. The van der Waals surface area contributed by atoms with Gasteiger partial charge in [0.2, 0.25) is 0 Å². The maximum absolute atomic E-state index is 9.10. The third-order valence-electron chi connectivity index (χ3n) is 3.77. The van der Waals surface area contributed by atoms with Crippen LogP contribution in [0.25, 0.3) is 11.0 Å². The van der Waals surface area contributed by atoms with E-state index >= 15 is 0 Å². The summed E-state index contributed by atoms with van der Waals surface area (Å²) in [6.45, 7) is 0. The van der Waals surface area contributed by atoms with Crippen molar-refractivity contribution in [2.24, 2.45) is 0 Å². The van der Waals surface area contributed by atoms with Crippen molar-refractivity contribution in [3.8, 4) is 6.07 Å². The Hall–Kier alpha value is -1.18. The van der Waals surface area contributed by atoms with E-state index in [0.29, 0.717) is 17.5 Å². The first-order valence-corrected chi connectivity index (χ1v) is 8.57. The molecule has 3 rings (SSSR count). The Morgan fingerprint density at radius 3 is 2.90 bits per heavy atom. The second-order valence-corrected chi connectivity index (χ2v) is 6.60. The van der Waals surface area contributed by atoms with Crippen molar-refractivity contribution in [1.82, 2.24) is 9.55 Å². The largest absolute Gasteiger partial charge is 0.325 e. The molecular weight excluding hydrogens is 290 g/mol. The number of halogens is 1. The summed E-state index contributed by atoms with van der Waals surface area (Å²) >= 11 is 7.94. The van der Waals surface area contributed by atoms with Gasteiger partial charge in [-0.25, -0.2) is 4.98 Å². The fourth-order valence-electron chi connectivity index (χ4n) is 2.82. The highest BCUT2D eigenvalue weighted by molar-refractivity contribution is 7.99. The highest BCUT2D eigenvalue weighted by Crippen LogP contribution is 2.32. The minimum absolute atomic E-state index is 0.494. The van der Waals surface area contributed by atoms with E-state index in [0.717, 1.165) is 23.3 Å². The van der Waals surface area contributed by atoms with Crippen molar-refractivity contribution in [2.45, 2.75) is 25.3 Å². The molecule has 0 bridgehead atoms. The topological polar surface area (TPSA) is 41.6 Å². The molecule has 0 unspecified atom stereocenters. The molecule has 2 aromatic rings. The van der Waals surface area contributed by atoms with Crippen LogP contribution in [0.5, 0.6) is 0 Å². The molecule has 20 heavy (non-hydrogen) atoms. The number of nitrogens with zero attached hydrogens (tertiary/aromatic N) is 3. The lowest BCUT2D eigenvalue weighted by molar-refractivity contribution is 0.466. The molecule has 0 radical (unpaired) electrons. The van der Waals surface area contributed by atoms with Crippen LogP contribution in [0.3, 0.4) is 0 Å². The van der Waals surface area contributed by atoms with Crippen molar-refractivity contribution >= 4 is 34.4 Å². The van der Waals surface area contributed by atoms with Gasteiger partial charge in [0.25, 0.3) is 0 Å². The van der Waals surface area contributed by atoms with E-state index in [1.807, 2.05) is 30.0 Å². The molecule has 1 aliphatic rings. The number of thioether (sulfide) groups is 1. The van der Waals surface area contributed by atoms with E-state index in [9.17, 15) is 0 Å². The number of hydrogen-bond acceptors (Lipinski definition) is 3. The average Bonchev–Trinajstić information content (AvgIpc) is 2.85. The molecule has 0 N–H and O–H groups in total. The first-order chi connectivity index (χ1) is 9.83. The van der Waals surface area contributed by atoms with Crippen LogP contribution < -0.4 is 0 Å². The summed E-state index contributed by atoms with van der Waals surface area (Å²) in [5, 5.41) is 9.10. The van der Waals surface area contributed by atoms with Crippen molar-refractivity contribution in [3.63, 3.8) is 0 Å². The summed E-state index contributed by atoms with van der Waals surface area (Å²) in [5.74, 6) is 4.03. The van der Waals surface area contributed by atoms with E-state index in [1.165, 1.54) is 24.3 Å². The second kappa shape index (κ2) is 6.07. The lowest BCUT2D eigenvalue weighted by Crippen LogP contribution is -2.17.